The van der Waals surface area contributed by atoms with Gasteiger partial charge in [0.2, 0.25) is 0 Å². The molecule has 1 atom stereocenters. The number of quaternary nitrogens is 1. The van der Waals surface area contributed by atoms with Crippen LogP contribution in [-0.2, 0) is 4.79 Å². The van der Waals surface area contributed by atoms with Gasteiger partial charge in [-0.3, -0.25) is 4.79 Å². The van der Waals surface area contributed by atoms with Crippen LogP contribution in [0.1, 0.15) is 32.6 Å². The zero-order valence-corrected chi connectivity index (χ0v) is 7.81. The lowest BCUT2D eigenvalue weighted by molar-refractivity contribution is -0.941. The minimum Gasteiger partial charge on any atom is -0.332 e. The third kappa shape index (κ3) is 1.53. The van der Waals surface area contributed by atoms with Crippen LogP contribution in [-0.4, -0.2) is 24.9 Å². The third-order valence-electron chi connectivity index (χ3n) is 3.48. The molecule has 0 aromatic rings. The SMILES string of the molecule is CC(=O)CC1CC2CC[NH+]1CC2. The molecule has 0 spiro atoms. The number of ketones is 1. The molecule has 1 N–H and O–H groups in total. The van der Waals surface area contributed by atoms with Crippen LogP contribution < -0.4 is 4.90 Å². The molecule has 3 rings (SSSR count). The summed E-state index contributed by atoms with van der Waals surface area (Å²) >= 11 is 0. The van der Waals surface area contributed by atoms with E-state index < -0.39 is 0 Å². The molecule has 0 amide bonds. The van der Waals surface area contributed by atoms with Crippen LogP contribution in [0.5, 0.6) is 0 Å². The Morgan fingerprint density at radius 3 is 2.50 bits per heavy atom. The molecule has 0 aliphatic carbocycles. The summed E-state index contributed by atoms with van der Waals surface area (Å²) in [6.07, 6.45) is 4.95. The number of Topliss-reactive ketones (excluding diaryl/α,β-unsaturated/α-hetero) is 1. The highest BCUT2D eigenvalue weighted by Gasteiger charge is 2.37. The van der Waals surface area contributed by atoms with Gasteiger partial charge in [0.15, 0.2) is 0 Å². The van der Waals surface area contributed by atoms with Crippen molar-refractivity contribution in [2.75, 3.05) is 13.1 Å². The van der Waals surface area contributed by atoms with E-state index in [1.807, 2.05) is 0 Å². The maximum Gasteiger partial charge on any atom is 0.135 e. The number of rotatable bonds is 2. The molecule has 0 aromatic heterocycles. The van der Waals surface area contributed by atoms with Crippen molar-refractivity contribution < 1.29 is 9.69 Å². The van der Waals surface area contributed by atoms with E-state index in [-0.39, 0.29) is 0 Å². The monoisotopic (exact) mass is 168 g/mol. The Bertz CT molecular complexity index is 182. The number of fused-ring (bicyclic) bond motifs is 3. The van der Waals surface area contributed by atoms with Crippen molar-refractivity contribution in [3.8, 4) is 0 Å². The molecule has 3 fully saturated rings. The second-order valence-corrected chi connectivity index (χ2v) is 4.44. The fourth-order valence-corrected chi connectivity index (χ4v) is 2.84. The van der Waals surface area contributed by atoms with Crippen LogP contribution in [0.25, 0.3) is 0 Å². The zero-order valence-electron chi connectivity index (χ0n) is 7.81. The summed E-state index contributed by atoms with van der Waals surface area (Å²) in [5.74, 6) is 1.33. The van der Waals surface area contributed by atoms with Gasteiger partial charge in [-0.25, -0.2) is 0 Å². The average Bonchev–Trinajstić information content (AvgIpc) is 2.05. The highest BCUT2D eigenvalue weighted by molar-refractivity contribution is 5.75. The van der Waals surface area contributed by atoms with Gasteiger partial charge in [0.05, 0.1) is 25.6 Å². The first kappa shape index (κ1) is 8.24. The Labute approximate surface area is 73.9 Å². The third-order valence-corrected chi connectivity index (χ3v) is 3.48. The lowest BCUT2D eigenvalue weighted by Gasteiger charge is -2.42. The van der Waals surface area contributed by atoms with E-state index in [1.54, 1.807) is 11.8 Å². The summed E-state index contributed by atoms with van der Waals surface area (Å²) in [4.78, 5) is 12.7. The largest absolute Gasteiger partial charge is 0.332 e. The normalized spacial score (nSPS) is 39.9. The summed E-state index contributed by atoms with van der Waals surface area (Å²) in [5, 5.41) is 0. The summed E-state index contributed by atoms with van der Waals surface area (Å²) in [6.45, 7) is 4.37. The molecule has 3 heterocycles. The van der Waals surface area contributed by atoms with Crippen molar-refractivity contribution in [1.82, 2.24) is 0 Å². The molecule has 12 heavy (non-hydrogen) atoms. The Kier molecular flexibility index (Phi) is 2.18. The number of nitrogens with one attached hydrogen (secondary N) is 1. The van der Waals surface area contributed by atoms with E-state index in [0.29, 0.717) is 11.8 Å². The minimum atomic E-state index is 0.375. The van der Waals surface area contributed by atoms with Gasteiger partial charge in [-0.05, 0) is 25.7 Å². The minimum absolute atomic E-state index is 0.375. The van der Waals surface area contributed by atoms with Gasteiger partial charge in [0.25, 0.3) is 0 Å². The summed E-state index contributed by atoms with van der Waals surface area (Å²) in [7, 11) is 0. The molecule has 0 radical (unpaired) electrons. The second-order valence-electron chi connectivity index (χ2n) is 4.44. The molecule has 3 saturated heterocycles. The lowest BCUT2D eigenvalue weighted by atomic mass is 9.82. The van der Waals surface area contributed by atoms with Crippen LogP contribution in [0.4, 0.5) is 0 Å². The summed E-state index contributed by atoms with van der Waals surface area (Å²) in [6, 6.07) is 0.676. The lowest BCUT2D eigenvalue weighted by Crippen LogP contribution is -3.18. The maximum atomic E-state index is 11.0. The molecule has 0 saturated carbocycles. The molecule has 3 aliphatic rings. The van der Waals surface area contributed by atoms with E-state index in [1.165, 1.54) is 32.4 Å². The van der Waals surface area contributed by atoms with Crippen LogP contribution >= 0.6 is 0 Å². The van der Waals surface area contributed by atoms with Gasteiger partial charge in [-0.2, -0.15) is 0 Å². The molecule has 2 nitrogen and oxygen atoms in total. The Hall–Kier alpha value is -0.370. The quantitative estimate of drug-likeness (QED) is 0.617. The molecule has 0 aromatic carbocycles. The van der Waals surface area contributed by atoms with Gasteiger partial charge < -0.3 is 4.90 Å². The fraction of sp³-hybridized carbons (Fsp3) is 0.900. The first-order chi connectivity index (χ1) is 5.75. The number of piperidine rings is 3. The van der Waals surface area contributed by atoms with Crippen molar-refractivity contribution in [2.45, 2.75) is 38.6 Å². The van der Waals surface area contributed by atoms with Crippen LogP contribution in [0.15, 0.2) is 0 Å². The van der Waals surface area contributed by atoms with Crippen molar-refractivity contribution in [3.63, 3.8) is 0 Å². The molecule has 2 heteroatoms. The summed E-state index contributed by atoms with van der Waals surface area (Å²) < 4.78 is 0. The molecular formula is C10H18NO+. The van der Waals surface area contributed by atoms with E-state index >= 15 is 0 Å². The zero-order chi connectivity index (χ0) is 8.55. The van der Waals surface area contributed by atoms with Crippen LogP contribution in [0.2, 0.25) is 0 Å². The molecular weight excluding hydrogens is 150 g/mol. The predicted molar refractivity (Wildman–Crippen MR) is 47.1 cm³/mol. The number of carbonyl (C=O) groups excluding carboxylic acids is 1. The van der Waals surface area contributed by atoms with Gasteiger partial charge in [0.1, 0.15) is 5.78 Å². The Morgan fingerprint density at radius 2 is 2.08 bits per heavy atom. The smallest absolute Gasteiger partial charge is 0.135 e. The summed E-state index contributed by atoms with van der Waals surface area (Å²) in [5.41, 5.74) is 0. The van der Waals surface area contributed by atoms with Crippen molar-refractivity contribution in [1.29, 1.82) is 0 Å². The van der Waals surface area contributed by atoms with E-state index in [9.17, 15) is 4.79 Å². The van der Waals surface area contributed by atoms with Crippen molar-refractivity contribution in [2.24, 2.45) is 5.92 Å². The maximum absolute atomic E-state index is 11.0. The van der Waals surface area contributed by atoms with Crippen molar-refractivity contribution in [3.05, 3.63) is 0 Å². The standard InChI is InChI=1S/C10H17NO/c1-8(12)6-10-7-9-2-4-11(10)5-3-9/h9-10H,2-7H2,1H3/p+1. The number of hydrogen-bond donors (Lipinski definition) is 1. The van der Waals surface area contributed by atoms with Gasteiger partial charge in [0, 0.05) is 6.42 Å². The first-order valence-electron chi connectivity index (χ1n) is 5.09. The molecule has 2 bridgehead atoms. The fourth-order valence-electron chi connectivity index (χ4n) is 2.84. The van der Waals surface area contributed by atoms with Crippen LogP contribution in [0.3, 0.4) is 0 Å². The van der Waals surface area contributed by atoms with E-state index in [0.717, 1.165) is 12.3 Å². The van der Waals surface area contributed by atoms with Crippen LogP contribution in [0, 0.1) is 5.92 Å². The highest BCUT2D eigenvalue weighted by Crippen LogP contribution is 2.22. The average molecular weight is 168 g/mol. The highest BCUT2D eigenvalue weighted by atomic mass is 16.1. The topological polar surface area (TPSA) is 21.5 Å². The second kappa shape index (κ2) is 3.17. The van der Waals surface area contributed by atoms with Crippen molar-refractivity contribution >= 4 is 5.78 Å². The number of hydrogen-bond acceptors (Lipinski definition) is 1. The predicted octanol–water partition coefficient (Wildman–Crippen LogP) is 0.0327. The Morgan fingerprint density at radius 1 is 1.42 bits per heavy atom. The van der Waals surface area contributed by atoms with Gasteiger partial charge in [-0.15, -0.1) is 0 Å². The van der Waals surface area contributed by atoms with Gasteiger partial charge in [-0.1, -0.05) is 0 Å². The van der Waals surface area contributed by atoms with Gasteiger partial charge >= 0.3 is 0 Å². The molecule has 3 aliphatic heterocycles. The first-order valence-corrected chi connectivity index (χ1v) is 5.09. The van der Waals surface area contributed by atoms with E-state index in [4.69, 9.17) is 0 Å². The number of carbonyl (C=O) groups is 1. The Balaban J connectivity index is 1.95. The molecule has 68 valence electrons. The molecule has 1 unspecified atom stereocenters. The van der Waals surface area contributed by atoms with E-state index in [2.05, 4.69) is 0 Å².